The van der Waals surface area contributed by atoms with Crippen LogP contribution in [0.15, 0.2) is 24.3 Å². The fraction of sp³-hybridized carbons (Fsp3) is 0.364. The first-order valence-corrected chi connectivity index (χ1v) is 4.57. The first-order chi connectivity index (χ1) is 6.81. The molecule has 1 aliphatic rings. The number of rotatable bonds is 1. The summed E-state index contributed by atoms with van der Waals surface area (Å²) >= 11 is 0. The molecule has 2 atom stereocenters. The Morgan fingerprint density at radius 1 is 1.43 bits per heavy atom. The number of hydrogen-bond donors (Lipinski definition) is 1. The minimum absolute atomic E-state index is 0.380. The van der Waals surface area contributed by atoms with E-state index < -0.39 is 6.10 Å². The number of aliphatic hydroxyl groups is 1. The van der Waals surface area contributed by atoms with E-state index >= 15 is 0 Å². The number of nitriles is 1. The predicted octanol–water partition coefficient (Wildman–Crippen LogP) is 1.01. The van der Waals surface area contributed by atoms with Gasteiger partial charge in [-0.25, -0.2) is 0 Å². The number of nitrogens with zero attached hydrogens (tertiary/aromatic N) is 1. The Hall–Kier alpha value is -1.37. The quantitative estimate of drug-likeness (QED) is 0.671. The Balaban J connectivity index is 2.18. The summed E-state index contributed by atoms with van der Waals surface area (Å²) in [6.45, 7) is 0.486. The normalized spacial score (nSPS) is 22.1. The van der Waals surface area contributed by atoms with Gasteiger partial charge in [-0.05, 0) is 11.1 Å². The third-order valence-electron chi connectivity index (χ3n) is 2.48. The first kappa shape index (κ1) is 9.20. The predicted molar refractivity (Wildman–Crippen MR) is 50.3 cm³/mol. The zero-order valence-corrected chi connectivity index (χ0v) is 7.68. The van der Waals surface area contributed by atoms with Crippen LogP contribution in [0.1, 0.15) is 11.1 Å². The van der Waals surface area contributed by atoms with Crippen molar-refractivity contribution in [1.29, 1.82) is 5.26 Å². The second-order valence-corrected chi connectivity index (χ2v) is 3.40. The van der Waals surface area contributed by atoms with E-state index in [4.69, 9.17) is 10.00 Å². The first-order valence-electron chi connectivity index (χ1n) is 4.57. The molecule has 0 radical (unpaired) electrons. The summed E-state index contributed by atoms with van der Waals surface area (Å²) in [5.74, 6) is 0. The fourth-order valence-corrected chi connectivity index (χ4v) is 1.66. The second-order valence-electron chi connectivity index (χ2n) is 3.40. The Morgan fingerprint density at radius 3 is 2.86 bits per heavy atom. The van der Waals surface area contributed by atoms with E-state index in [0.29, 0.717) is 13.0 Å². The molecule has 0 amide bonds. The van der Waals surface area contributed by atoms with Crippen molar-refractivity contribution in [2.75, 3.05) is 0 Å². The maximum absolute atomic E-state index is 9.32. The Morgan fingerprint density at radius 2 is 2.14 bits per heavy atom. The molecule has 1 heterocycles. The molecular formula is C11H11NO2. The van der Waals surface area contributed by atoms with Gasteiger partial charge in [-0.3, -0.25) is 0 Å². The highest BCUT2D eigenvalue weighted by Crippen LogP contribution is 2.21. The molecule has 1 aromatic carbocycles. The van der Waals surface area contributed by atoms with E-state index in [1.54, 1.807) is 6.07 Å². The van der Waals surface area contributed by atoms with E-state index in [9.17, 15) is 5.11 Å². The monoisotopic (exact) mass is 189 g/mol. The lowest BCUT2D eigenvalue weighted by Crippen LogP contribution is -2.33. The summed E-state index contributed by atoms with van der Waals surface area (Å²) in [6.07, 6.45) is -0.788. The second kappa shape index (κ2) is 3.79. The van der Waals surface area contributed by atoms with Crippen molar-refractivity contribution in [3.63, 3.8) is 0 Å². The highest BCUT2D eigenvalue weighted by atomic mass is 16.5. The van der Waals surface area contributed by atoms with Crippen LogP contribution >= 0.6 is 0 Å². The molecule has 0 saturated heterocycles. The molecule has 14 heavy (non-hydrogen) atoms. The molecule has 0 aromatic heterocycles. The van der Waals surface area contributed by atoms with Crippen LogP contribution in [0.2, 0.25) is 0 Å². The zero-order chi connectivity index (χ0) is 9.97. The summed E-state index contributed by atoms with van der Waals surface area (Å²) < 4.78 is 5.38. The maximum atomic E-state index is 9.32. The van der Waals surface area contributed by atoms with Gasteiger partial charge in [-0.1, -0.05) is 24.3 Å². The average molecular weight is 189 g/mol. The molecule has 1 aromatic rings. The number of hydrogen-bond acceptors (Lipinski definition) is 3. The topological polar surface area (TPSA) is 53.2 Å². The van der Waals surface area contributed by atoms with Crippen LogP contribution in [0.5, 0.6) is 0 Å². The summed E-state index contributed by atoms with van der Waals surface area (Å²) in [7, 11) is 0. The largest absolute Gasteiger partial charge is 0.375 e. The molecule has 0 saturated carbocycles. The standard InChI is InChI=1S/C11H11NO2/c12-6-10(13)11-5-8-3-1-2-4-9(8)7-14-11/h1-4,10-11,13H,5,7H2/t10-,11+/m1/s1. The van der Waals surface area contributed by atoms with Crippen molar-refractivity contribution in [1.82, 2.24) is 0 Å². The van der Waals surface area contributed by atoms with Crippen molar-refractivity contribution >= 4 is 0 Å². The van der Waals surface area contributed by atoms with Crippen LogP contribution < -0.4 is 0 Å². The van der Waals surface area contributed by atoms with Crippen molar-refractivity contribution < 1.29 is 9.84 Å². The van der Waals surface area contributed by atoms with Gasteiger partial charge in [-0.2, -0.15) is 5.26 Å². The van der Waals surface area contributed by atoms with Gasteiger partial charge in [0.1, 0.15) is 6.10 Å². The highest BCUT2D eigenvalue weighted by molar-refractivity contribution is 5.29. The molecule has 1 aliphatic heterocycles. The SMILES string of the molecule is N#C[C@@H](O)[C@@H]1Cc2ccccc2CO1. The molecule has 3 nitrogen and oxygen atoms in total. The summed E-state index contributed by atoms with van der Waals surface area (Å²) in [6, 6.07) is 9.73. The Kier molecular flexibility index (Phi) is 2.49. The molecule has 0 spiro atoms. The van der Waals surface area contributed by atoms with Gasteiger partial charge in [0.25, 0.3) is 0 Å². The highest BCUT2D eigenvalue weighted by Gasteiger charge is 2.24. The van der Waals surface area contributed by atoms with Gasteiger partial charge in [0.2, 0.25) is 0 Å². The minimum atomic E-state index is -1.02. The molecule has 2 rings (SSSR count). The fourth-order valence-electron chi connectivity index (χ4n) is 1.66. The molecule has 1 N–H and O–H groups in total. The Bertz CT molecular complexity index is 370. The van der Waals surface area contributed by atoms with Crippen LogP contribution in [-0.4, -0.2) is 17.3 Å². The minimum Gasteiger partial charge on any atom is -0.375 e. The lowest BCUT2D eigenvalue weighted by atomic mass is 9.97. The van der Waals surface area contributed by atoms with Crippen LogP contribution in [0.25, 0.3) is 0 Å². The van der Waals surface area contributed by atoms with E-state index in [2.05, 4.69) is 0 Å². The molecule has 0 fully saturated rings. The summed E-state index contributed by atoms with van der Waals surface area (Å²) in [4.78, 5) is 0. The van der Waals surface area contributed by atoms with Gasteiger partial charge in [0.15, 0.2) is 6.10 Å². The lowest BCUT2D eigenvalue weighted by molar-refractivity contribution is -0.0323. The smallest absolute Gasteiger partial charge is 0.166 e. The maximum Gasteiger partial charge on any atom is 0.166 e. The van der Waals surface area contributed by atoms with E-state index in [1.165, 1.54) is 0 Å². The van der Waals surface area contributed by atoms with Crippen LogP contribution in [-0.2, 0) is 17.8 Å². The summed E-state index contributed by atoms with van der Waals surface area (Å²) in [5.41, 5.74) is 2.31. The van der Waals surface area contributed by atoms with Crippen molar-refractivity contribution in [2.24, 2.45) is 0 Å². The number of benzene rings is 1. The van der Waals surface area contributed by atoms with Gasteiger partial charge in [0, 0.05) is 6.42 Å². The van der Waals surface area contributed by atoms with Crippen molar-refractivity contribution in [2.45, 2.75) is 25.2 Å². The molecular weight excluding hydrogens is 178 g/mol. The molecule has 72 valence electrons. The van der Waals surface area contributed by atoms with Gasteiger partial charge in [-0.15, -0.1) is 0 Å². The number of fused-ring (bicyclic) bond motifs is 1. The number of aliphatic hydroxyl groups excluding tert-OH is 1. The van der Waals surface area contributed by atoms with Crippen molar-refractivity contribution in [3.8, 4) is 6.07 Å². The van der Waals surface area contributed by atoms with E-state index in [-0.39, 0.29) is 6.10 Å². The van der Waals surface area contributed by atoms with E-state index in [0.717, 1.165) is 11.1 Å². The molecule has 0 unspecified atom stereocenters. The molecule has 0 bridgehead atoms. The lowest BCUT2D eigenvalue weighted by Gasteiger charge is -2.25. The van der Waals surface area contributed by atoms with Crippen molar-refractivity contribution in [3.05, 3.63) is 35.4 Å². The third-order valence-corrected chi connectivity index (χ3v) is 2.48. The van der Waals surface area contributed by atoms with Gasteiger partial charge < -0.3 is 9.84 Å². The summed E-state index contributed by atoms with van der Waals surface area (Å²) in [5, 5.41) is 17.9. The number of ether oxygens (including phenoxy) is 1. The third kappa shape index (κ3) is 1.63. The van der Waals surface area contributed by atoms with Crippen LogP contribution in [0.4, 0.5) is 0 Å². The average Bonchev–Trinajstić information content (AvgIpc) is 2.27. The Labute approximate surface area is 82.6 Å². The van der Waals surface area contributed by atoms with Gasteiger partial charge >= 0.3 is 0 Å². The van der Waals surface area contributed by atoms with Crippen LogP contribution in [0.3, 0.4) is 0 Å². The van der Waals surface area contributed by atoms with Gasteiger partial charge in [0.05, 0.1) is 12.7 Å². The van der Waals surface area contributed by atoms with E-state index in [1.807, 2.05) is 24.3 Å². The van der Waals surface area contributed by atoms with Crippen LogP contribution in [0, 0.1) is 11.3 Å². The molecule has 0 aliphatic carbocycles. The molecule has 3 heteroatoms. The zero-order valence-electron chi connectivity index (χ0n) is 7.68.